The van der Waals surface area contributed by atoms with E-state index < -0.39 is 9.84 Å². The van der Waals surface area contributed by atoms with Crippen molar-refractivity contribution in [2.24, 2.45) is 0 Å². The highest BCUT2D eigenvalue weighted by Crippen LogP contribution is 2.26. The number of fused-ring (bicyclic) bond motifs is 1. The van der Waals surface area contributed by atoms with Crippen molar-refractivity contribution >= 4 is 9.84 Å². The monoisotopic (exact) mass is 253 g/mol. The molecule has 17 heavy (non-hydrogen) atoms. The van der Waals surface area contributed by atoms with Crippen LogP contribution in [0.1, 0.15) is 30.0 Å². The van der Waals surface area contributed by atoms with Crippen molar-refractivity contribution in [1.82, 2.24) is 5.32 Å². The van der Waals surface area contributed by atoms with E-state index in [0.29, 0.717) is 6.04 Å². The minimum absolute atomic E-state index is 0.285. The number of sulfone groups is 1. The van der Waals surface area contributed by atoms with Gasteiger partial charge in [-0.1, -0.05) is 24.3 Å². The lowest BCUT2D eigenvalue weighted by atomic mass is 9.92. The summed E-state index contributed by atoms with van der Waals surface area (Å²) in [5.74, 6) is 0.285. The van der Waals surface area contributed by atoms with Gasteiger partial charge >= 0.3 is 0 Å². The van der Waals surface area contributed by atoms with Gasteiger partial charge in [0.2, 0.25) is 0 Å². The summed E-state index contributed by atoms with van der Waals surface area (Å²) >= 11 is 0. The Morgan fingerprint density at radius 3 is 2.88 bits per heavy atom. The van der Waals surface area contributed by atoms with Crippen LogP contribution in [0, 0.1) is 0 Å². The second-order valence-electron chi connectivity index (χ2n) is 4.73. The van der Waals surface area contributed by atoms with Crippen LogP contribution in [-0.2, 0) is 16.3 Å². The Balaban J connectivity index is 1.99. The molecule has 0 saturated carbocycles. The highest BCUT2D eigenvalue weighted by Gasteiger charge is 2.18. The van der Waals surface area contributed by atoms with E-state index in [-0.39, 0.29) is 5.75 Å². The third-order valence-corrected chi connectivity index (χ3v) is 4.25. The van der Waals surface area contributed by atoms with E-state index in [1.54, 1.807) is 0 Å². The summed E-state index contributed by atoms with van der Waals surface area (Å²) in [4.78, 5) is 0. The SMILES string of the molecule is CS(=O)(=O)CCCC1NCCc2ccccc21. The highest BCUT2D eigenvalue weighted by molar-refractivity contribution is 7.90. The van der Waals surface area contributed by atoms with Crippen molar-refractivity contribution in [3.05, 3.63) is 35.4 Å². The van der Waals surface area contributed by atoms with Crippen LogP contribution < -0.4 is 5.32 Å². The molecule has 0 bridgehead atoms. The number of rotatable bonds is 4. The van der Waals surface area contributed by atoms with E-state index >= 15 is 0 Å². The quantitative estimate of drug-likeness (QED) is 0.888. The van der Waals surface area contributed by atoms with E-state index in [0.717, 1.165) is 25.8 Å². The molecule has 0 amide bonds. The van der Waals surface area contributed by atoms with Crippen molar-refractivity contribution < 1.29 is 8.42 Å². The van der Waals surface area contributed by atoms with Crippen molar-refractivity contribution in [1.29, 1.82) is 0 Å². The molecule has 2 rings (SSSR count). The van der Waals surface area contributed by atoms with Gasteiger partial charge in [0.15, 0.2) is 0 Å². The van der Waals surface area contributed by atoms with Gasteiger partial charge in [-0.25, -0.2) is 8.42 Å². The summed E-state index contributed by atoms with van der Waals surface area (Å²) in [5, 5.41) is 3.47. The number of nitrogens with one attached hydrogen (secondary N) is 1. The first kappa shape index (κ1) is 12.6. The zero-order valence-corrected chi connectivity index (χ0v) is 11.0. The van der Waals surface area contributed by atoms with E-state index in [1.807, 2.05) is 0 Å². The van der Waals surface area contributed by atoms with Crippen LogP contribution in [0.15, 0.2) is 24.3 Å². The Bertz CT molecular complexity index is 482. The second kappa shape index (κ2) is 5.19. The predicted octanol–water partition coefficient (Wildman–Crippen LogP) is 1.70. The molecule has 1 heterocycles. The van der Waals surface area contributed by atoms with Crippen molar-refractivity contribution in [3.8, 4) is 0 Å². The minimum Gasteiger partial charge on any atom is -0.310 e. The Labute approximate surface area is 103 Å². The Morgan fingerprint density at radius 2 is 2.12 bits per heavy atom. The van der Waals surface area contributed by atoms with Gasteiger partial charge in [-0.15, -0.1) is 0 Å². The van der Waals surface area contributed by atoms with Crippen LogP contribution in [0.3, 0.4) is 0 Å². The number of hydrogen-bond acceptors (Lipinski definition) is 3. The first-order valence-corrected chi connectivity index (χ1v) is 8.11. The van der Waals surface area contributed by atoms with Crippen molar-refractivity contribution in [2.75, 3.05) is 18.6 Å². The largest absolute Gasteiger partial charge is 0.310 e. The summed E-state index contributed by atoms with van der Waals surface area (Å²) < 4.78 is 22.2. The molecule has 1 unspecified atom stereocenters. The van der Waals surface area contributed by atoms with Gasteiger partial charge < -0.3 is 5.32 Å². The standard InChI is InChI=1S/C13H19NO2S/c1-17(15,16)10-4-7-13-12-6-3-2-5-11(12)8-9-14-13/h2-3,5-6,13-14H,4,7-10H2,1H3. The fourth-order valence-corrected chi connectivity index (χ4v) is 3.09. The molecule has 1 N–H and O–H groups in total. The molecule has 1 aromatic rings. The molecule has 0 aliphatic carbocycles. The molecule has 94 valence electrons. The smallest absolute Gasteiger partial charge is 0.147 e. The van der Waals surface area contributed by atoms with E-state index in [9.17, 15) is 8.42 Å². The van der Waals surface area contributed by atoms with Crippen molar-refractivity contribution in [2.45, 2.75) is 25.3 Å². The van der Waals surface area contributed by atoms with Crippen LogP contribution >= 0.6 is 0 Å². The zero-order chi connectivity index (χ0) is 12.3. The van der Waals surface area contributed by atoms with E-state index in [2.05, 4.69) is 29.6 Å². The summed E-state index contributed by atoms with van der Waals surface area (Å²) in [7, 11) is -2.83. The molecule has 0 radical (unpaired) electrons. The van der Waals surface area contributed by atoms with Gasteiger partial charge in [-0.3, -0.25) is 0 Å². The normalized spacial score (nSPS) is 19.9. The second-order valence-corrected chi connectivity index (χ2v) is 6.99. The molecule has 1 aliphatic heterocycles. The predicted molar refractivity (Wildman–Crippen MR) is 69.8 cm³/mol. The average molecular weight is 253 g/mol. The lowest BCUT2D eigenvalue weighted by Gasteiger charge is -2.26. The topological polar surface area (TPSA) is 46.2 Å². The van der Waals surface area contributed by atoms with Gasteiger partial charge in [0.05, 0.1) is 0 Å². The summed E-state index contributed by atoms with van der Waals surface area (Å²) in [6.45, 7) is 0.987. The van der Waals surface area contributed by atoms with Crippen LogP contribution in [0.4, 0.5) is 0 Å². The molecular formula is C13H19NO2S. The van der Waals surface area contributed by atoms with E-state index in [4.69, 9.17) is 0 Å². The molecule has 0 saturated heterocycles. The molecule has 4 heteroatoms. The first-order chi connectivity index (χ1) is 8.06. The molecular weight excluding hydrogens is 234 g/mol. The molecule has 3 nitrogen and oxygen atoms in total. The Hall–Kier alpha value is -0.870. The molecule has 0 spiro atoms. The highest BCUT2D eigenvalue weighted by atomic mass is 32.2. The number of benzene rings is 1. The molecule has 0 fully saturated rings. The van der Waals surface area contributed by atoms with Crippen molar-refractivity contribution in [3.63, 3.8) is 0 Å². The Kier molecular flexibility index (Phi) is 3.84. The summed E-state index contributed by atoms with van der Waals surface area (Å²) in [6.07, 6.45) is 3.99. The van der Waals surface area contributed by atoms with Gasteiger partial charge in [-0.05, 0) is 36.9 Å². The lowest BCUT2D eigenvalue weighted by Crippen LogP contribution is -2.30. The third-order valence-electron chi connectivity index (χ3n) is 3.22. The molecule has 1 aromatic carbocycles. The third kappa shape index (κ3) is 3.54. The fraction of sp³-hybridized carbons (Fsp3) is 0.538. The van der Waals surface area contributed by atoms with Crippen LogP contribution in [0.25, 0.3) is 0 Å². The molecule has 0 aromatic heterocycles. The number of hydrogen-bond donors (Lipinski definition) is 1. The lowest BCUT2D eigenvalue weighted by molar-refractivity contribution is 0.470. The van der Waals surface area contributed by atoms with Crippen LogP contribution in [-0.4, -0.2) is 27.0 Å². The Morgan fingerprint density at radius 1 is 1.35 bits per heavy atom. The molecule has 1 aliphatic rings. The zero-order valence-electron chi connectivity index (χ0n) is 10.1. The maximum absolute atomic E-state index is 11.1. The summed E-state index contributed by atoms with van der Waals surface area (Å²) in [5.41, 5.74) is 2.74. The average Bonchev–Trinajstić information content (AvgIpc) is 2.28. The first-order valence-electron chi connectivity index (χ1n) is 6.05. The summed E-state index contributed by atoms with van der Waals surface area (Å²) in [6, 6.07) is 8.75. The maximum atomic E-state index is 11.1. The maximum Gasteiger partial charge on any atom is 0.147 e. The fourth-order valence-electron chi connectivity index (χ4n) is 2.40. The van der Waals surface area contributed by atoms with Crippen LogP contribution in [0.2, 0.25) is 0 Å². The van der Waals surface area contributed by atoms with Gasteiger partial charge in [0, 0.05) is 18.1 Å². The van der Waals surface area contributed by atoms with E-state index in [1.165, 1.54) is 17.4 Å². The van der Waals surface area contributed by atoms with Crippen LogP contribution in [0.5, 0.6) is 0 Å². The minimum atomic E-state index is -2.83. The van der Waals surface area contributed by atoms with Gasteiger partial charge in [0.1, 0.15) is 9.84 Å². The van der Waals surface area contributed by atoms with Gasteiger partial charge in [-0.2, -0.15) is 0 Å². The molecule has 1 atom stereocenters. The van der Waals surface area contributed by atoms with Gasteiger partial charge in [0.25, 0.3) is 0 Å².